The summed E-state index contributed by atoms with van der Waals surface area (Å²) >= 11 is 3.23. The van der Waals surface area contributed by atoms with Crippen molar-refractivity contribution in [2.45, 2.75) is 0 Å². The fraction of sp³-hybridized carbons (Fsp3) is 0.125. The molecule has 0 atom stereocenters. The summed E-state index contributed by atoms with van der Waals surface area (Å²) in [4.78, 5) is 8.05. The average Bonchev–Trinajstić information content (AvgIpc) is 2.58. The van der Waals surface area contributed by atoms with Gasteiger partial charge in [-0.05, 0) is 28.1 Å². The van der Waals surface area contributed by atoms with Crippen molar-refractivity contribution in [3.63, 3.8) is 0 Å². The topological polar surface area (TPSA) is 78.9 Å². The van der Waals surface area contributed by atoms with Gasteiger partial charge in [0.1, 0.15) is 5.75 Å². The molecule has 0 aliphatic carbocycles. The van der Waals surface area contributed by atoms with Crippen molar-refractivity contribution in [1.82, 2.24) is 19.7 Å². The van der Waals surface area contributed by atoms with Crippen LogP contribution in [0.1, 0.15) is 0 Å². The Morgan fingerprint density at radius 2 is 2.27 bits per heavy atom. The number of pyridine rings is 1. The molecule has 6 nitrogen and oxygen atoms in total. The van der Waals surface area contributed by atoms with Crippen LogP contribution in [-0.4, -0.2) is 26.9 Å². The number of methoxy groups -OCH3 is 1. The average molecular weight is 270 g/mol. The van der Waals surface area contributed by atoms with Gasteiger partial charge in [0, 0.05) is 0 Å². The molecule has 0 aromatic carbocycles. The zero-order chi connectivity index (χ0) is 10.8. The summed E-state index contributed by atoms with van der Waals surface area (Å²) in [7, 11) is 1.58. The lowest BCUT2D eigenvalue weighted by atomic mass is 10.4. The molecule has 2 heterocycles. The molecule has 0 bridgehead atoms. The van der Waals surface area contributed by atoms with Crippen molar-refractivity contribution in [2.24, 2.45) is 0 Å². The minimum atomic E-state index is 0.194. The van der Waals surface area contributed by atoms with E-state index in [4.69, 9.17) is 10.5 Å². The lowest BCUT2D eigenvalue weighted by molar-refractivity contribution is 0.412. The van der Waals surface area contributed by atoms with Crippen molar-refractivity contribution in [1.29, 1.82) is 0 Å². The smallest absolute Gasteiger partial charge is 0.240 e. The van der Waals surface area contributed by atoms with E-state index >= 15 is 0 Å². The van der Waals surface area contributed by atoms with Gasteiger partial charge in [0.05, 0.1) is 13.3 Å². The zero-order valence-electron chi connectivity index (χ0n) is 7.88. The first kappa shape index (κ1) is 9.91. The predicted octanol–water partition coefficient (Wildman–Crippen LogP) is 1.02. The van der Waals surface area contributed by atoms with Gasteiger partial charge in [-0.2, -0.15) is 9.67 Å². The summed E-state index contributed by atoms with van der Waals surface area (Å²) in [6, 6.07) is 3.55. The number of anilines is 1. The van der Waals surface area contributed by atoms with E-state index in [1.807, 2.05) is 0 Å². The van der Waals surface area contributed by atoms with Crippen molar-refractivity contribution in [3.05, 3.63) is 23.1 Å². The molecule has 0 aliphatic heterocycles. The summed E-state index contributed by atoms with van der Waals surface area (Å²) in [5.74, 6) is 1.49. The van der Waals surface area contributed by atoms with E-state index in [0.717, 1.165) is 0 Å². The normalized spacial score (nSPS) is 10.3. The van der Waals surface area contributed by atoms with Gasteiger partial charge < -0.3 is 10.5 Å². The number of aromatic nitrogens is 4. The lowest BCUT2D eigenvalue weighted by Crippen LogP contribution is -2.00. The molecule has 2 rings (SSSR count). The fourth-order valence-corrected chi connectivity index (χ4v) is 1.51. The Balaban J connectivity index is 2.41. The summed E-state index contributed by atoms with van der Waals surface area (Å²) in [5, 5.41) is 3.97. The molecule has 7 heteroatoms. The van der Waals surface area contributed by atoms with Gasteiger partial charge in [-0.1, -0.05) is 0 Å². The van der Waals surface area contributed by atoms with E-state index in [2.05, 4.69) is 31.0 Å². The van der Waals surface area contributed by atoms with Crippen LogP contribution in [0.2, 0.25) is 0 Å². The highest BCUT2D eigenvalue weighted by molar-refractivity contribution is 9.10. The number of halogens is 1. The van der Waals surface area contributed by atoms with Crippen molar-refractivity contribution >= 4 is 21.9 Å². The second-order valence-corrected chi connectivity index (χ2v) is 3.42. The second kappa shape index (κ2) is 3.85. The number of nitrogen functional groups attached to an aromatic ring is 1. The Hall–Kier alpha value is -1.63. The molecular formula is C8H8BrN5O. The first-order valence-electron chi connectivity index (χ1n) is 4.09. The van der Waals surface area contributed by atoms with Gasteiger partial charge in [0.25, 0.3) is 0 Å². The molecule has 2 aromatic rings. The number of nitrogens with two attached hydrogens (primary N) is 1. The Morgan fingerprint density at radius 1 is 1.47 bits per heavy atom. The molecule has 0 saturated heterocycles. The van der Waals surface area contributed by atoms with Crippen molar-refractivity contribution in [2.75, 3.05) is 12.8 Å². The molecule has 0 radical (unpaired) electrons. The van der Waals surface area contributed by atoms with Crippen LogP contribution in [0, 0.1) is 0 Å². The zero-order valence-corrected chi connectivity index (χ0v) is 9.47. The lowest BCUT2D eigenvalue weighted by Gasteiger charge is -2.02. The highest BCUT2D eigenvalue weighted by Gasteiger charge is 2.07. The summed E-state index contributed by atoms with van der Waals surface area (Å²) in [6.07, 6.45) is 1.60. The van der Waals surface area contributed by atoms with E-state index in [9.17, 15) is 0 Å². The molecule has 0 saturated carbocycles. The van der Waals surface area contributed by atoms with Gasteiger partial charge >= 0.3 is 0 Å². The van der Waals surface area contributed by atoms with Crippen molar-refractivity contribution < 1.29 is 4.74 Å². The number of ether oxygens (including phenoxy) is 1. The van der Waals surface area contributed by atoms with E-state index < -0.39 is 0 Å². The van der Waals surface area contributed by atoms with E-state index in [0.29, 0.717) is 16.3 Å². The number of hydrogen-bond donors (Lipinski definition) is 1. The van der Waals surface area contributed by atoms with E-state index in [-0.39, 0.29) is 5.95 Å². The van der Waals surface area contributed by atoms with E-state index in [1.54, 1.807) is 25.4 Å². The summed E-state index contributed by atoms with van der Waals surface area (Å²) < 4.78 is 7.00. The first-order chi connectivity index (χ1) is 7.20. The highest BCUT2D eigenvalue weighted by atomic mass is 79.9. The highest BCUT2D eigenvalue weighted by Crippen LogP contribution is 2.15. The fourth-order valence-electron chi connectivity index (χ4n) is 1.07. The van der Waals surface area contributed by atoms with Gasteiger partial charge in [-0.3, -0.25) is 0 Å². The quantitative estimate of drug-likeness (QED) is 0.881. The third kappa shape index (κ3) is 1.91. The van der Waals surface area contributed by atoms with Gasteiger partial charge in [-0.15, -0.1) is 5.10 Å². The molecule has 2 N–H and O–H groups in total. The minimum Gasteiger partial charge on any atom is -0.495 e. The maximum absolute atomic E-state index is 5.45. The van der Waals surface area contributed by atoms with E-state index in [1.165, 1.54) is 4.68 Å². The first-order valence-corrected chi connectivity index (χ1v) is 4.88. The van der Waals surface area contributed by atoms with Crippen LogP contribution in [-0.2, 0) is 0 Å². The van der Waals surface area contributed by atoms with Gasteiger partial charge in [-0.25, -0.2) is 4.98 Å². The maximum Gasteiger partial charge on any atom is 0.240 e. The monoisotopic (exact) mass is 269 g/mol. The van der Waals surface area contributed by atoms with Crippen LogP contribution in [0.4, 0.5) is 5.95 Å². The molecule has 2 aromatic heterocycles. The summed E-state index contributed by atoms with van der Waals surface area (Å²) in [6.45, 7) is 0. The predicted molar refractivity (Wildman–Crippen MR) is 57.8 cm³/mol. The van der Waals surface area contributed by atoms with Crippen LogP contribution < -0.4 is 10.5 Å². The molecule has 0 amide bonds. The Labute approximate surface area is 94.2 Å². The van der Waals surface area contributed by atoms with Crippen molar-refractivity contribution in [3.8, 4) is 11.6 Å². The SMILES string of the molecule is COc1ccc(-n2nc(N)nc2Br)nc1. The molecule has 0 aliphatic rings. The number of nitrogens with zero attached hydrogens (tertiary/aromatic N) is 4. The third-order valence-electron chi connectivity index (χ3n) is 1.76. The molecule has 0 fully saturated rings. The Morgan fingerprint density at radius 3 is 2.73 bits per heavy atom. The standard InChI is InChI=1S/C8H8BrN5O/c1-15-5-2-3-6(11-4-5)14-7(9)12-8(10)13-14/h2-4H,1H3,(H2,10,13). The van der Waals surface area contributed by atoms with Crippen LogP contribution in [0.15, 0.2) is 23.1 Å². The van der Waals surface area contributed by atoms with Crippen LogP contribution in [0.25, 0.3) is 5.82 Å². The number of hydrogen-bond acceptors (Lipinski definition) is 5. The largest absolute Gasteiger partial charge is 0.495 e. The Kier molecular flexibility index (Phi) is 2.55. The molecule has 78 valence electrons. The Bertz CT molecular complexity index is 466. The minimum absolute atomic E-state index is 0.194. The molecular weight excluding hydrogens is 262 g/mol. The third-order valence-corrected chi connectivity index (χ3v) is 2.27. The molecule has 15 heavy (non-hydrogen) atoms. The van der Waals surface area contributed by atoms with Crippen LogP contribution in [0.5, 0.6) is 5.75 Å². The number of rotatable bonds is 2. The van der Waals surface area contributed by atoms with Gasteiger partial charge in [0.15, 0.2) is 5.82 Å². The molecule has 0 spiro atoms. The maximum atomic E-state index is 5.45. The molecule has 0 unspecified atom stereocenters. The summed E-state index contributed by atoms with van der Waals surface area (Å²) in [5.41, 5.74) is 5.45. The van der Waals surface area contributed by atoms with Crippen LogP contribution >= 0.6 is 15.9 Å². The second-order valence-electron chi connectivity index (χ2n) is 2.71. The van der Waals surface area contributed by atoms with Crippen LogP contribution in [0.3, 0.4) is 0 Å². The van der Waals surface area contributed by atoms with Gasteiger partial charge in [0.2, 0.25) is 10.7 Å².